The molecule has 1 saturated heterocycles. The third-order valence-corrected chi connectivity index (χ3v) is 4.62. The van der Waals surface area contributed by atoms with Crippen molar-refractivity contribution < 1.29 is 0 Å². The highest BCUT2D eigenvalue weighted by Gasteiger charge is 2.19. The van der Waals surface area contributed by atoms with Crippen LogP contribution < -0.4 is 0 Å². The SMILES string of the molecule is CC1CCCCN1Cc1ccccc1CN=C(N(C)C)N(C)C. The van der Waals surface area contributed by atoms with E-state index in [9.17, 15) is 0 Å². The van der Waals surface area contributed by atoms with E-state index in [0.717, 1.165) is 19.0 Å². The van der Waals surface area contributed by atoms with Crippen LogP contribution in [0.2, 0.25) is 0 Å². The van der Waals surface area contributed by atoms with Crippen molar-refractivity contribution in [3.8, 4) is 0 Å². The molecule has 1 aliphatic heterocycles. The van der Waals surface area contributed by atoms with Crippen LogP contribution in [0.25, 0.3) is 0 Å². The highest BCUT2D eigenvalue weighted by Crippen LogP contribution is 2.21. The van der Waals surface area contributed by atoms with Crippen LogP contribution in [-0.2, 0) is 13.1 Å². The second kappa shape index (κ2) is 8.34. The minimum absolute atomic E-state index is 0.694. The van der Waals surface area contributed by atoms with Crippen molar-refractivity contribution in [3.63, 3.8) is 0 Å². The number of benzene rings is 1. The summed E-state index contributed by atoms with van der Waals surface area (Å²) in [5.74, 6) is 1.01. The summed E-state index contributed by atoms with van der Waals surface area (Å²) >= 11 is 0. The fourth-order valence-electron chi connectivity index (χ4n) is 3.32. The normalized spacial score (nSPS) is 18.6. The molecule has 1 aliphatic rings. The van der Waals surface area contributed by atoms with Crippen molar-refractivity contribution in [1.82, 2.24) is 14.7 Å². The molecular formula is C19H32N4. The van der Waals surface area contributed by atoms with Crippen LogP contribution in [0, 0.1) is 0 Å². The van der Waals surface area contributed by atoms with Crippen LogP contribution in [-0.4, -0.2) is 61.4 Å². The summed E-state index contributed by atoms with van der Waals surface area (Å²) in [7, 11) is 8.17. The first-order chi connectivity index (χ1) is 11.0. The highest BCUT2D eigenvalue weighted by atomic mass is 15.3. The quantitative estimate of drug-likeness (QED) is 0.630. The summed E-state index contributed by atoms with van der Waals surface area (Å²) in [6.45, 7) is 5.37. The lowest BCUT2D eigenvalue weighted by Crippen LogP contribution is -2.37. The van der Waals surface area contributed by atoms with Crippen LogP contribution in [0.5, 0.6) is 0 Å². The summed E-state index contributed by atoms with van der Waals surface area (Å²) in [4.78, 5) is 11.6. The van der Waals surface area contributed by atoms with Gasteiger partial charge in [0.2, 0.25) is 0 Å². The maximum absolute atomic E-state index is 4.82. The largest absolute Gasteiger partial charge is 0.349 e. The number of aliphatic imine (C=N–C) groups is 1. The van der Waals surface area contributed by atoms with E-state index in [4.69, 9.17) is 4.99 Å². The molecule has 0 saturated carbocycles. The maximum atomic E-state index is 4.82. The van der Waals surface area contributed by atoms with E-state index >= 15 is 0 Å². The molecule has 0 N–H and O–H groups in total. The van der Waals surface area contributed by atoms with Gasteiger partial charge in [-0.3, -0.25) is 4.90 Å². The lowest BCUT2D eigenvalue weighted by atomic mass is 10.0. The monoisotopic (exact) mass is 316 g/mol. The summed E-state index contributed by atoms with van der Waals surface area (Å²) in [5.41, 5.74) is 2.76. The predicted molar refractivity (Wildman–Crippen MR) is 98.7 cm³/mol. The smallest absolute Gasteiger partial charge is 0.195 e. The first-order valence-electron chi connectivity index (χ1n) is 8.69. The zero-order chi connectivity index (χ0) is 16.8. The summed E-state index contributed by atoms with van der Waals surface area (Å²) in [6.07, 6.45) is 4.03. The van der Waals surface area contributed by atoms with E-state index in [1.165, 1.54) is 36.9 Å². The summed E-state index contributed by atoms with van der Waals surface area (Å²) in [5, 5.41) is 0. The van der Waals surface area contributed by atoms with Gasteiger partial charge in [0.25, 0.3) is 0 Å². The highest BCUT2D eigenvalue weighted by molar-refractivity contribution is 5.79. The lowest BCUT2D eigenvalue weighted by molar-refractivity contribution is 0.152. The van der Waals surface area contributed by atoms with Gasteiger partial charge in [-0.2, -0.15) is 0 Å². The third kappa shape index (κ3) is 4.96. The van der Waals surface area contributed by atoms with Gasteiger partial charge in [0.1, 0.15) is 0 Å². The van der Waals surface area contributed by atoms with E-state index in [0.29, 0.717) is 6.04 Å². The van der Waals surface area contributed by atoms with Gasteiger partial charge in [-0.1, -0.05) is 30.7 Å². The van der Waals surface area contributed by atoms with E-state index in [-0.39, 0.29) is 0 Å². The van der Waals surface area contributed by atoms with Crippen LogP contribution in [0.1, 0.15) is 37.3 Å². The molecule has 0 radical (unpaired) electrons. The molecule has 4 nitrogen and oxygen atoms in total. The molecular weight excluding hydrogens is 284 g/mol. The van der Waals surface area contributed by atoms with E-state index in [1.54, 1.807) is 0 Å². The number of likely N-dealkylation sites (tertiary alicyclic amines) is 1. The molecule has 128 valence electrons. The zero-order valence-electron chi connectivity index (χ0n) is 15.4. The Morgan fingerprint density at radius 1 is 1.09 bits per heavy atom. The molecule has 0 spiro atoms. The van der Waals surface area contributed by atoms with E-state index in [2.05, 4.69) is 45.9 Å². The number of guanidine groups is 1. The Morgan fingerprint density at radius 2 is 1.74 bits per heavy atom. The van der Waals surface area contributed by atoms with Crippen LogP contribution >= 0.6 is 0 Å². The Morgan fingerprint density at radius 3 is 2.35 bits per heavy atom. The Hall–Kier alpha value is -1.55. The molecule has 4 heteroatoms. The molecule has 0 bridgehead atoms. The van der Waals surface area contributed by atoms with Gasteiger partial charge in [0, 0.05) is 40.8 Å². The van der Waals surface area contributed by atoms with E-state index < -0.39 is 0 Å². The summed E-state index contributed by atoms with van der Waals surface area (Å²) < 4.78 is 0. The second-order valence-electron chi connectivity index (χ2n) is 6.99. The topological polar surface area (TPSA) is 22.1 Å². The second-order valence-corrected chi connectivity index (χ2v) is 6.99. The van der Waals surface area contributed by atoms with Gasteiger partial charge in [0.05, 0.1) is 6.54 Å². The van der Waals surface area contributed by atoms with Crippen molar-refractivity contribution in [2.24, 2.45) is 4.99 Å². The fraction of sp³-hybridized carbons (Fsp3) is 0.632. The molecule has 1 heterocycles. The van der Waals surface area contributed by atoms with Gasteiger partial charge >= 0.3 is 0 Å². The number of hydrogen-bond acceptors (Lipinski definition) is 2. The Balaban J connectivity index is 2.12. The van der Waals surface area contributed by atoms with Crippen LogP contribution in [0.4, 0.5) is 0 Å². The van der Waals surface area contributed by atoms with Crippen LogP contribution in [0.15, 0.2) is 29.3 Å². The Bertz CT molecular complexity index is 512. The number of hydrogen-bond donors (Lipinski definition) is 0. The third-order valence-electron chi connectivity index (χ3n) is 4.62. The predicted octanol–water partition coefficient (Wildman–Crippen LogP) is 3.04. The maximum Gasteiger partial charge on any atom is 0.195 e. The number of piperidine rings is 1. The van der Waals surface area contributed by atoms with Crippen molar-refractivity contribution in [2.45, 2.75) is 45.3 Å². The molecule has 0 aromatic heterocycles. The first kappa shape index (κ1) is 17.8. The van der Waals surface area contributed by atoms with E-state index in [1.807, 2.05) is 28.2 Å². The standard InChI is InChI=1S/C19H32N4/c1-16-10-8-9-13-23(16)15-18-12-7-6-11-17(18)14-20-19(21(2)3)22(4)5/h6-7,11-12,16H,8-10,13-15H2,1-5H3. The lowest BCUT2D eigenvalue weighted by Gasteiger charge is -2.33. The van der Waals surface area contributed by atoms with Gasteiger partial charge in [0.15, 0.2) is 5.96 Å². The molecule has 1 fully saturated rings. The van der Waals surface area contributed by atoms with Crippen molar-refractivity contribution in [2.75, 3.05) is 34.7 Å². The Kier molecular flexibility index (Phi) is 6.46. The minimum Gasteiger partial charge on any atom is -0.349 e. The zero-order valence-corrected chi connectivity index (χ0v) is 15.4. The molecule has 1 atom stereocenters. The molecule has 1 aromatic rings. The van der Waals surface area contributed by atoms with Crippen LogP contribution in [0.3, 0.4) is 0 Å². The summed E-state index contributed by atoms with van der Waals surface area (Å²) in [6, 6.07) is 9.45. The molecule has 23 heavy (non-hydrogen) atoms. The average molecular weight is 316 g/mol. The van der Waals surface area contributed by atoms with Crippen molar-refractivity contribution in [1.29, 1.82) is 0 Å². The number of nitrogens with zero attached hydrogens (tertiary/aromatic N) is 4. The molecule has 1 aromatic carbocycles. The van der Waals surface area contributed by atoms with Crippen molar-refractivity contribution in [3.05, 3.63) is 35.4 Å². The number of rotatable bonds is 4. The van der Waals surface area contributed by atoms with Gasteiger partial charge in [-0.25, -0.2) is 4.99 Å². The van der Waals surface area contributed by atoms with Gasteiger partial charge in [-0.15, -0.1) is 0 Å². The van der Waals surface area contributed by atoms with Gasteiger partial charge < -0.3 is 9.80 Å². The minimum atomic E-state index is 0.694. The van der Waals surface area contributed by atoms with Crippen molar-refractivity contribution >= 4 is 5.96 Å². The Labute approximate surface area is 141 Å². The fourth-order valence-corrected chi connectivity index (χ4v) is 3.32. The molecule has 2 rings (SSSR count). The molecule has 1 unspecified atom stereocenters. The molecule has 0 aliphatic carbocycles. The molecule has 0 amide bonds. The van der Waals surface area contributed by atoms with Gasteiger partial charge in [-0.05, 0) is 37.4 Å². The average Bonchev–Trinajstić information content (AvgIpc) is 2.50. The first-order valence-corrected chi connectivity index (χ1v) is 8.69.